The molecule has 1 aliphatic carbocycles. The number of H-pyrrole nitrogens is 1. The molecule has 0 spiro atoms. The molecule has 1 aromatic rings. The van der Waals surface area contributed by atoms with Crippen LogP contribution in [0.5, 0.6) is 0 Å². The molecule has 0 radical (unpaired) electrons. The lowest BCUT2D eigenvalue weighted by atomic mass is 9.91. The van der Waals surface area contributed by atoms with E-state index in [9.17, 15) is 0 Å². The minimum atomic E-state index is 1.26. The molecule has 1 heterocycles. The van der Waals surface area contributed by atoms with Gasteiger partial charge in [-0.3, -0.25) is 0 Å². The lowest BCUT2D eigenvalue weighted by Crippen LogP contribution is -1.96. The van der Waals surface area contributed by atoms with Gasteiger partial charge in [0.2, 0.25) is 0 Å². The van der Waals surface area contributed by atoms with Gasteiger partial charge in [-0.1, -0.05) is 5.57 Å². The summed E-state index contributed by atoms with van der Waals surface area (Å²) in [7, 11) is 0. The van der Waals surface area contributed by atoms with Crippen LogP contribution in [0.3, 0.4) is 0 Å². The molecular formula is C11H15N. The molecule has 0 atom stereocenters. The number of rotatable bonds is 1. The van der Waals surface area contributed by atoms with Gasteiger partial charge in [0.1, 0.15) is 0 Å². The molecule has 0 saturated carbocycles. The molecule has 12 heavy (non-hydrogen) atoms. The van der Waals surface area contributed by atoms with Crippen molar-refractivity contribution in [3.8, 4) is 0 Å². The molecule has 0 unspecified atom stereocenters. The Bertz CT molecular complexity index is 280. The second-order valence-corrected chi connectivity index (χ2v) is 3.55. The van der Waals surface area contributed by atoms with Crippen LogP contribution in [0, 0.1) is 0 Å². The van der Waals surface area contributed by atoms with Gasteiger partial charge in [0.25, 0.3) is 0 Å². The van der Waals surface area contributed by atoms with Crippen LogP contribution in [0.25, 0.3) is 5.57 Å². The Morgan fingerprint density at radius 3 is 2.75 bits per heavy atom. The number of hydrogen-bond donors (Lipinski definition) is 1. The quantitative estimate of drug-likeness (QED) is 0.650. The summed E-state index contributed by atoms with van der Waals surface area (Å²) >= 11 is 0. The molecule has 1 aromatic heterocycles. The number of allylic oxidation sites excluding steroid dienone is 2. The van der Waals surface area contributed by atoms with Gasteiger partial charge in [-0.2, -0.15) is 0 Å². The Balaban J connectivity index is 2.33. The van der Waals surface area contributed by atoms with E-state index in [1.165, 1.54) is 31.4 Å². The SMILES string of the molecule is CC1=C(c2ccc[nH]2)CCCC1. The Morgan fingerprint density at radius 1 is 1.25 bits per heavy atom. The standard InChI is InChI=1S/C11H15N/c1-9-5-2-3-6-10(9)11-7-4-8-12-11/h4,7-8,12H,2-3,5-6H2,1H3. The highest BCUT2D eigenvalue weighted by Gasteiger charge is 2.10. The minimum absolute atomic E-state index is 1.26. The second kappa shape index (κ2) is 3.18. The van der Waals surface area contributed by atoms with Crippen LogP contribution in [-0.2, 0) is 0 Å². The van der Waals surface area contributed by atoms with Crippen LogP contribution in [0.4, 0.5) is 0 Å². The van der Waals surface area contributed by atoms with Gasteiger partial charge < -0.3 is 4.98 Å². The predicted molar refractivity (Wildman–Crippen MR) is 51.9 cm³/mol. The van der Waals surface area contributed by atoms with Gasteiger partial charge in [0.15, 0.2) is 0 Å². The van der Waals surface area contributed by atoms with Crippen molar-refractivity contribution in [1.29, 1.82) is 0 Å². The van der Waals surface area contributed by atoms with E-state index in [4.69, 9.17) is 0 Å². The van der Waals surface area contributed by atoms with E-state index in [0.29, 0.717) is 0 Å². The third-order valence-corrected chi connectivity index (χ3v) is 2.67. The fourth-order valence-electron chi connectivity index (χ4n) is 1.94. The Labute approximate surface area is 73.5 Å². The maximum absolute atomic E-state index is 3.28. The van der Waals surface area contributed by atoms with Crippen LogP contribution >= 0.6 is 0 Å². The average molecular weight is 161 g/mol. The van der Waals surface area contributed by atoms with Gasteiger partial charge in [0, 0.05) is 11.9 Å². The molecule has 0 aromatic carbocycles. The summed E-state index contributed by atoms with van der Waals surface area (Å²) in [5.41, 5.74) is 4.45. The summed E-state index contributed by atoms with van der Waals surface area (Å²) in [5.74, 6) is 0. The molecule has 0 fully saturated rings. The molecule has 1 nitrogen and oxygen atoms in total. The van der Waals surface area contributed by atoms with Crippen molar-refractivity contribution in [2.45, 2.75) is 32.6 Å². The average Bonchev–Trinajstić information content (AvgIpc) is 2.57. The minimum Gasteiger partial charge on any atom is -0.361 e. The van der Waals surface area contributed by atoms with Crippen molar-refractivity contribution >= 4 is 5.57 Å². The summed E-state index contributed by atoms with van der Waals surface area (Å²) in [4.78, 5) is 3.28. The molecule has 2 rings (SSSR count). The summed E-state index contributed by atoms with van der Waals surface area (Å²) in [6.07, 6.45) is 7.27. The largest absolute Gasteiger partial charge is 0.361 e. The first-order valence-corrected chi connectivity index (χ1v) is 4.70. The predicted octanol–water partition coefficient (Wildman–Crippen LogP) is 3.36. The summed E-state index contributed by atoms with van der Waals surface area (Å²) < 4.78 is 0. The zero-order valence-corrected chi connectivity index (χ0v) is 7.56. The second-order valence-electron chi connectivity index (χ2n) is 3.55. The fraction of sp³-hybridized carbons (Fsp3) is 0.455. The van der Waals surface area contributed by atoms with E-state index in [-0.39, 0.29) is 0 Å². The third kappa shape index (κ3) is 1.31. The van der Waals surface area contributed by atoms with E-state index in [2.05, 4.69) is 24.0 Å². The third-order valence-electron chi connectivity index (χ3n) is 2.67. The molecular weight excluding hydrogens is 146 g/mol. The Hall–Kier alpha value is -0.980. The number of hydrogen-bond acceptors (Lipinski definition) is 0. The summed E-state index contributed by atoms with van der Waals surface area (Å²) in [6.45, 7) is 2.26. The lowest BCUT2D eigenvalue weighted by molar-refractivity contribution is 0.712. The Morgan fingerprint density at radius 2 is 2.08 bits per heavy atom. The van der Waals surface area contributed by atoms with Gasteiger partial charge >= 0.3 is 0 Å². The van der Waals surface area contributed by atoms with Crippen molar-refractivity contribution in [3.05, 3.63) is 29.6 Å². The number of aromatic nitrogens is 1. The molecule has 1 N–H and O–H groups in total. The Kier molecular flexibility index (Phi) is 2.03. The smallest absolute Gasteiger partial charge is 0.0412 e. The van der Waals surface area contributed by atoms with Crippen molar-refractivity contribution in [3.63, 3.8) is 0 Å². The van der Waals surface area contributed by atoms with Crippen molar-refractivity contribution in [1.82, 2.24) is 4.98 Å². The first-order chi connectivity index (χ1) is 5.88. The van der Waals surface area contributed by atoms with Crippen LogP contribution in [-0.4, -0.2) is 4.98 Å². The van der Waals surface area contributed by atoms with Crippen molar-refractivity contribution in [2.24, 2.45) is 0 Å². The molecule has 64 valence electrons. The van der Waals surface area contributed by atoms with Crippen molar-refractivity contribution < 1.29 is 0 Å². The van der Waals surface area contributed by atoms with Crippen LogP contribution in [0.1, 0.15) is 38.3 Å². The van der Waals surface area contributed by atoms with E-state index in [1.807, 2.05) is 6.20 Å². The normalized spacial score (nSPS) is 18.4. The van der Waals surface area contributed by atoms with Gasteiger partial charge in [-0.25, -0.2) is 0 Å². The highest BCUT2D eigenvalue weighted by molar-refractivity contribution is 5.66. The molecule has 0 bridgehead atoms. The lowest BCUT2D eigenvalue weighted by Gasteiger charge is -2.16. The van der Waals surface area contributed by atoms with E-state index < -0.39 is 0 Å². The molecule has 1 aliphatic rings. The first kappa shape index (κ1) is 7.66. The monoisotopic (exact) mass is 161 g/mol. The first-order valence-electron chi connectivity index (χ1n) is 4.70. The molecule has 0 aliphatic heterocycles. The van der Waals surface area contributed by atoms with Crippen LogP contribution in [0.15, 0.2) is 23.9 Å². The van der Waals surface area contributed by atoms with Crippen molar-refractivity contribution in [2.75, 3.05) is 0 Å². The maximum Gasteiger partial charge on any atom is 0.0412 e. The van der Waals surface area contributed by atoms with E-state index in [1.54, 1.807) is 11.1 Å². The van der Waals surface area contributed by atoms with Crippen LogP contribution in [0.2, 0.25) is 0 Å². The zero-order chi connectivity index (χ0) is 8.39. The number of aromatic amines is 1. The molecule has 1 heteroatoms. The van der Waals surface area contributed by atoms with Crippen LogP contribution < -0.4 is 0 Å². The van der Waals surface area contributed by atoms with E-state index >= 15 is 0 Å². The maximum atomic E-state index is 3.28. The summed E-state index contributed by atoms with van der Waals surface area (Å²) in [5, 5.41) is 0. The topological polar surface area (TPSA) is 15.8 Å². The van der Waals surface area contributed by atoms with Gasteiger partial charge in [-0.15, -0.1) is 0 Å². The number of nitrogens with one attached hydrogen (secondary N) is 1. The molecule has 0 amide bonds. The zero-order valence-electron chi connectivity index (χ0n) is 7.56. The fourth-order valence-corrected chi connectivity index (χ4v) is 1.94. The highest BCUT2D eigenvalue weighted by Crippen LogP contribution is 2.30. The summed E-state index contributed by atoms with van der Waals surface area (Å²) in [6, 6.07) is 4.24. The van der Waals surface area contributed by atoms with E-state index in [0.717, 1.165) is 0 Å². The highest BCUT2D eigenvalue weighted by atomic mass is 14.7. The molecule has 0 saturated heterocycles. The van der Waals surface area contributed by atoms with Gasteiger partial charge in [-0.05, 0) is 50.3 Å². The van der Waals surface area contributed by atoms with Gasteiger partial charge in [0.05, 0.1) is 0 Å².